The summed E-state index contributed by atoms with van der Waals surface area (Å²) in [6.07, 6.45) is 7.78. The summed E-state index contributed by atoms with van der Waals surface area (Å²) in [4.78, 5) is 13.5. The van der Waals surface area contributed by atoms with Gasteiger partial charge in [-0.3, -0.25) is 4.79 Å². The van der Waals surface area contributed by atoms with E-state index in [9.17, 15) is 4.79 Å². The number of nitrogens with zero attached hydrogens (tertiary/aromatic N) is 3. The van der Waals surface area contributed by atoms with Gasteiger partial charge >= 0.3 is 0 Å². The summed E-state index contributed by atoms with van der Waals surface area (Å²) in [5, 5.41) is 12.7. The van der Waals surface area contributed by atoms with E-state index in [1.54, 1.807) is 7.11 Å². The summed E-state index contributed by atoms with van der Waals surface area (Å²) >= 11 is 0. The highest BCUT2D eigenvalue weighted by atomic mass is 16.5. The molecule has 2 unspecified atom stereocenters. The van der Waals surface area contributed by atoms with Gasteiger partial charge in [-0.05, 0) is 82.3 Å². The number of amides is 1. The predicted molar refractivity (Wildman–Crippen MR) is 134 cm³/mol. The van der Waals surface area contributed by atoms with E-state index < -0.39 is 0 Å². The molecule has 1 heterocycles. The molecule has 0 spiro atoms. The van der Waals surface area contributed by atoms with E-state index in [2.05, 4.69) is 36.7 Å². The summed E-state index contributed by atoms with van der Waals surface area (Å²) in [7, 11) is 1.76. The second-order valence-electron chi connectivity index (χ2n) is 11.5. The molecule has 3 aliphatic rings. The minimum atomic E-state index is -0.157. The highest BCUT2D eigenvalue weighted by Gasteiger charge is 2.46. The maximum absolute atomic E-state index is 13.5. The van der Waals surface area contributed by atoms with Gasteiger partial charge in [0, 0.05) is 30.7 Å². The SMILES string of the molecule is COC1CC(C(=O)Nc2ccc(C)cc2C)[C@H](c2nnc(C3CC(CC(C)C)C3)n2C2CC2)C1. The third-order valence-corrected chi connectivity index (χ3v) is 8.23. The fourth-order valence-electron chi connectivity index (χ4n) is 6.30. The van der Waals surface area contributed by atoms with Crippen molar-refractivity contribution >= 4 is 11.6 Å². The first kappa shape index (κ1) is 23.5. The van der Waals surface area contributed by atoms with Crippen LogP contribution in [0.2, 0.25) is 0 Å². The van der Waals surface area contributed by atoms with E-state index in [4.69, 9.17) is 14.9 Å². The van der Waals surface area contributed by atoms with E-state index in [0.717, 1.165) is 41.8 Å². The van der Waals surface area contributed by atoms with Crippen LogP contribution < -0.4 is 5.32 Å². The van der Waals surface area contributed by atoms with E-state index >= 15 is 0 Å². The molecule has 184 valence electrons. The Morgan fingerprint density at radius 1 is 1.12 bits per heavy atom. The Kier molecular flexibility index (Phi) is 6.54. The van der Waals surface area contributed by atoms with Crippen molar-refractivity contribution < 1.29 is 9.53 Å². The molecule has 6 heteroatoms. The molecule has 1 amide bonds. The van der Waals surface area contributed by atoms with Gasteiger partial charge in [-0.25, -0.2) is 0 Å². The second kappa shape index (κ2) is 9.44. The molecule has 3 fully saturated rings. The van der Waals surface area contributed by atoms with Gasteiger partial charge in [-0.1, -0.05) is 31.5 Å². The maximum atomic E-state index is 13.5. The smallest absolute Gasteiger partial charge is 0.228 e. The van der Waals surface area contributed by atoms with Crippen LogP contribution in [0.5, 0.6) is 0 Å². The van der Waals surface area contributed by atoms with Gasteiger partial charge < -0.3 is 14.6 Å². The third kappa shape index (κ3) is 4.66. The molecule has 3 saturated carbocycles. The number of hydrogen-bond donors (Lipinski definition) is 1. The minimum Gasteiger partial charge on any atom is -0.381 e. The molecule has 1 aromatic heterocycles. The predicted octanol–water partition coefficient (Wildman–Crippen LogP) is 5.92. The maximum Gasteiger partial charge on any atom is 0.228 e. The van der Waals surface area contributed by atoms with E-state index in [-0.39, 0.29) is 23.8 Å². The Balaban J connectivity index is 1.38. The van der Waals surface area contributed by atoms with Crippen molar-refractivity contribution in [3.05, 3.63) is 41.0 Å². The molecule has 2 aromatic rings. The fraction of sp³-hybridized carbons (Fsp3) is 0.679. The van der Waals surface area contributed by atoms with E-state index in [1.807, 2.05) is 19.1 Å². The van der Waals surface area contributed by atoms with Crippen molar-refractivity contribution in [3.8, 4) is 0 Å². The van der Waals surface area contributed by atoms with Crippen LogP contribution in [0.3, 0.4) is 0 Å². The second-order valence-corrected chi connectivity index (χ2v) is 11.5. The van der Waals surface area contributed by atoms with E-state index in [1.165, 1.54) is 43.5 Å². The molecule has 34 heavy (non-hydrogen) atoms. The number of methoxy groups -OCH3 is 1. The molecular formula is C28H40N4O2. The Labute approximate surface area is 203 Å². The lowest BCUT2D eigenvalue weighted by Crippen LogP contribution is -2.28. The number of nitrogens with one attached hydrogen (secondary N) is 1. The number of aryl methyl sites for hydroxylation is 2. The van der Waals surface area contributed by atoms with Crippen LogP contribution in [0.4, 0.5) is 5.69 Å². The van der Waals surface area contributed by atoms with E-state index in [0.29, 0.717) is 12.0 Å². The molecule has 1 aromatic carbocycles. The lowest BCUT2D eigenvalue weighted by atomic mass is 9.71. The highest BCUT2D eigenvalue weighted by Crippen LogP contribution is 2.50. The lowest BCUT2D eigenvalue weighted by molar-refractivity contribution is -0.120. The number of benzene rings is 1. The van der Waals surface area contributed by atoms with Gasteiger partial charge in [0.05, 0.1) is 12.0 Å². The van der Waals surface area contributed by atoms with Gasteiger partial charge in [0.2, 0.25) is 5.91 Å². The Morgan fingerprint density at radius 3 is 2.50 bits per heavy atom. The molecule has 5 rings (SSSR count). The zero-order chi connectivity index (χ0) is 24.0. The molecule has 3 aliphatic carbocycles. The standard InChI is InChI=1S/C28H40N4O2/c1-16(2)10-19-12-20(13-19)26-30-31-27(32(26)21-7-8-21)23-14-22(34-5)15-24(23)28(33)29-25-9-6-17(3)11-18(25)4/h6,9,11,16,19-24H,7-8,10,12-15H2,1-5H3,(H,29,33)/t19?,20?,22?,23-,24?/m1/s1. The average Bonchev–Trinajstić information content (AvgIpc) is 3.36. The van der Waals surface area contributed by atoms with Gasteiger partial charge in [0.25, 0.3) is 0 Å². The van der Waals surface area contributed by atoms with Crippen molar-refractivity contribution in [3.63, 3.8) is 0 Å². The Hall–Kier alpha value is -2.21. The van der Waals surface area contributed by atoms with Crippen LogP contribution in [0.25, 0.3) is 0 Å². The largest absolute Gasteiger partial charge is 0.381 e. The normalized spacial score (nSPS) is 28.8. The van der Waals surface area contributed by atoms with Gasteiger partial charge in [-0.2, -0.15) is 0 Å². The van der Waals surface area contributed by atoms with Crippen molar-refractivity contribution in [2.24, 2.45) is 17.8 Å². The first-order valence-corrected chi connectivity index (χ1v) is 13.2. The van der Waals surface area contributed by atoms with Crippen LogP contribution in [0.1, 0.15) is 99.4 Å². The molecule has 0 bridgehead atoms. The molecule has 3 atom stereocenters. The van der Waals surface area contributed by atoms with Crippen LogP contribution in [0.15, 0.2) is 18.2 Å². The topological polar surface area (TPSA) is 69.0 Å². The first-order chi connectivity index (χ1) is 16.3. The number of carbonyl (C=O) groups is 1. The number of hydrogen-bond acceptors (Lipinski definition) is 4. The molecule has 6 nitrogen and oxygen atoms in total. The molecule has 0 radical (unpaired) electrons. The molecule has 0 aliphatic heterocycles. The quantitative estimate of drug-likeness (QED) is 0.527. The minimum absolute atomic E-state index is 0.0455. The summed E-state index contributed by atoms with van der Waals surface area (Å²) < 4.78 is 8.19. The van der Waals surface area contributed by atoms with Crippen LogP contribution in [0, 0.1) is 31.6 Å². The van der Waals surface area contributed by atoms with Crippen LogP contribution in [-0.4, -0.2) is 33.9 Å². The molecule has 0 saturated heterocycles. The third-order valence-electron chi connectivity index (χ3n) is 8.23. The highest BCUT2D eigenvalue weighted by molar-refractivity contribution is 5.94. The number of rotatable bonds is 8. The lowest BCUT2D eigenvalue weighted by Gasteiger charge is -2.36. The fourth-order valence-corrected chi connectivity index (χ4v) is 6.30. The number of carbonyl (C=O) groups excluding carboxylic acids is 1. The monoisotopic (exact) mass is 464 g/mol. The van der Waals surface area contributed by atoms with Gasteiger partial charge in [-0.15, -0.1) is 10.2 Å². The zero-order valence-electron chi connectivity index (χ0n) is 21.4. The Bertz CT molecular complexity index is 1040. The summed E-state index contributed by atoms with van der Waals surface area (Å²) in [6, 6.07) is 6.68. The average molecular weight is 465 g/mol. The number of anilines is 1. The molecule has 1 N–H and O–H groups in total. The summed E-state index contributed by atoms with van der Waals surface area (Å²) in [5.74, 6) is 4.25. The van der Waals surface area contributed by atoms with Crippen LogP contribution in [-0.2, 0) is 9.53 Å². The van der Waals surface area contributed by atoms with Gasteiger partial charge in [0.1, 0.15) is 11.6 Å². The zero-order valence-corrected chi connectivity index (χ0v) is 21.4. The summed E-state index contributed by atoms with van der Waals surface area (Å²) in [6.45, 7) is 8.75. The first-order valence-electron chi connectivity index (χ1n) is 13.2. The summed E-state index contributed by atoms with van der Waals surface area (Å²) in [5.41, 5.74) is 3.19. The van der Waals surface area contributed by atoms with Crippen molar-refractivity contribution in [1.29, 1.82) is 0 Å². The Morgan fingerprint density at radius 2 is 1.85 bits per heavy atom. The van der Waals surface area contributed by atoms with Crippen molar-refractivity contribution in [1.82, 2.24) is 14.8 Å². The molecular weight excluding hydrogens is 424 g/mol. The van der Waals surface area contributed by atoms with Gasteiger partial charge in [0.15, 0.2) is 0 Å². The van der Waals surface area contributed by atoms with Crippen LogP contribution >= 0.6 is 0 Å². The number of ether oxygens (including phenoxy) is 1. The van der Waals surface area contributed by atoms with Crippen molar-refractivity contribution in [2.45, 2.75) is 96.6 Å². The van der Waals surface area contributed by atoms with Crippen molar-refractivity contribution in [2.75, 3.05) is 12.4 Å². The number of aromatic nitrogens is 3.